The minimum absolute atomic E-state index is 0.201. The van der Waals surface area contributed by atoms with Gasteiger partial charge in [-0.3, -0.25) is 5.32 Å². The molecule has 0 bridgehead atoms. The number of carboxylic acids is 1. The quantitative estimate of drug-likeness (QED) is 0.629. The zero-order valence-corrected chi connectivity index (χ0v) is 11.4. The van der Waals surface area contributed by atoms with Crippen molar-refractivity contribution < 1.29 is 29.6 Å². The third-order valence-corrected chi connectivity index (χ3v) is 2.20. The molecule has 0 saturated heterocycles. The summed E-state index contributed by atoms with van der Waals surface area (Å²) in [6.07, 6.45) is -2.60. The Hall–Kier alpha value is -2.28. The molecule has 110 valence electrons. The van der Waals surface area contributed by atoms with E-state index in [1.165, 1.54) is 12.1 Å². The van der Waals surface area contributed by atoms with Gasteiger partial charge in [-0.25, -0.2) is 9.59 Å². The molecule has 4 N–H and O–H groups in total. The molecule has 0 fully saturated rings. The van der Waals surface area contributed by atoms with E-state index in [0.29, 0.717) is 0 Å². The highest BCUT2D eigenvalue weighted by Gasteiger charge is 2.21. The number of phenolic OH excluding ortho intramolecular Hbond substituents is 1. The molecule has 7 heteroatoms. The van der Waals surface area contributed by atoms with Crippen LogP contribution in [0.15, 0.2) is 18.2 Å². The van der Waals surface area contributed by atoms with Crippen LogP contribution in [0.25, 0.3) is 0 Å². The second-order valence-electron chi connectivity index (χ2n) is 5.14. The van der Waals surface area contributed by atoms with Gasteiger partial charge in [-0.05, 0) is 39.0 Å². The number of aromatic hydroxyl groups is 1. The molecule has 1 unspecified atom stereocenters. The number of aliphatic hydroxyl groups excluding tert-OH is 1. The monoisotopic (exact) mass is 283 g/mol. The lowest BCUT2D eigenvalue weighted by Gasteiger charge is -2.20. The number of nitrogens with one attached hydrogen (secondary N) is 1. The van der Waals surface area contributed by atoms with Gasteiger partial charge in [-0.2, -0.15) is 0 Å². The van der Waals surface area contributed by atoms with Crippen LogP contribution in [0.1, 0.15) is 32.4 Å². The van der Waals surface area contributed by atoms with E-state index in [-0.39, 0.29) is 17.0 Å². The maximum absolute atomic E-state index is 11.6. The SMILES string of the molecule is CC(C)(C)OC(=O)Nc1ccc(O)c(C(O)C(=O)O)c1. The predicted octanol–water partition coefficient (Wildman–Crippen LogP) is 1.86. The standard InChI is InChI=1S/C13H17NO6/c1-13(2,3)20-12(19)14-7-4-5-9(15)8(6-7)10(16)11(17)18/h4-6,10,15-16H,1-3H3,(H,14,19)(H,17,18). The van der Waals surface area contributed by atoms with Gasteiger partial charge in [-0.15, -0.1) is 0 Å². The van der Waals surface area contributed by atoms with E-state index >= 15 is 0 Å². The number of rotatable bonds is 3. The summed E-state index contributed by atoms with van der Waals surface area (Å²) >= 11 is 0. The number of phenols is 1. The lowest BCUT2D eigenvalue weighted by Crippen LogP contribution is -2.27. The first-order valence-corrected chi connectivity index (χ1v) is 5.84. The van der Waals surface area contributed by atoms with Crippen molar-refractivity contribution in [1.82, 2.24) is 0 Å². The fourth-order valence-electron chi connectivity index (χ4n) is 1.41. The summed E-state index contributed by atoms with van der Waals surface area (Å²) in [5.74, 6) is -1.88. The van der Waals surface area contributed by atoms with Crippen molar-refractivity contribution in [2.45, 2.75) is 32.5 Å². The van der Waals surface area contributed by atoms with Crippen LogP contribution in [0.2, 0.25) is 0 Å². The number of anilines is 1. The molecule has 0 spiro atoms. The van der Waals surface area contributed by atoms with Crippen LogP contribution in [0.4, 0.5) is 10.5 Å². The van der Waals surface area contributed by atoms with Gasteiger partial charge in [0.05, 0.1) is 0 Å². The van der Waals surface area contributed by atoms with Crippen LogP contribution in [0.5, 0.6) is 5.75 Å². The van der Waals surface area contributed by atoms with E-state index in [0.717, 1.165) is 6.07 Å². The van der Waals surface area contributed by atoms with Crippen molar-refractivity contribution in [3.05, 3.63) is 23.8 Å². The van der Waals surface area contributed by atoms with E-state index in [2.05, 4.69) is 5.32 Å². The molecular formula is C13H17NO6. The Morgan fingerprint density at radius 2 is 1.90 bits per heavy atom. The second kappa shape index (κ2) is 5.79. The summed E-state index contributed by atoms with van der Waals surface area (Å²) in [5.41, 5.74) is -0.692. The van der Waals surface area contributed by atoms with Gasteiger partial charge in [0, 0.05) is 11.3 Å². The van der Waals surface area contributed by atoms with Crippen LogP contribution in [0, 0.1) is 0 Å². The number of ether oxygens (including phenoxy) is 1. The molecule has 7 nitrogen and oxygen atoms in total. The molecule has 1 aromatic carbocycles. The average molecular weight is 283 g/mol. The third-order valence-electron chi connectivity index (χ3n) is 2.20. The van der Waals surface area contributed by atoms with Gasteiger partial charge >= 0.3 is 12.1 Å². The lowest BCUT2D eigenvalue weighted by molar-refractivity contribution is -0.147. The van der Waals surface area contributed by atoms with Gasteiger partial charge in [0.2, 0.25) is 0 Å². The Labute approximate surface area is 115 Å². The Balaban J connectivity index is 2.91. The zero-order chi connectivity index (χ0) is 15.5. The highest BCUT2D eigenvalue weighted by molar-refractivity contribution is 5.85. The Kier molecular flexibility index (Phi) is 4.57. The van der Waals surface area contributed by atoms with Gasteiger partial charge in [0.1, 0.15) is 11.4 Å². The molecule has 20 heavy (non-hydrogen) atoms. The zero-order valence-electron chi connectivity index (χ0n) is 11.4. The number of hydrogen-bond acceptors (Lipinski definition) is 5. The van der Waals surface area contributed by atoms with Crippen LogP contribution < -0.4 is 5.32 Å². The number of carboxylic acid groups (broad SMARTS) is 1. The molecule has 1 aromatic rings. The van der Waals surface area contributed by atoms with Crippen molar-refractivity contribution in [2.75, 3.05) is 5.32 Å². The van der Waals surface area contributed by atoms with Gasteiger partial charge in [-0.1, -0.05) is 0 Å². The summed E-state index contributed by atoms with van der Waals surface area (Å²) in [6, 6.07) is 3.70. The first-order valence-electron chi connectivity index (χ1n) is 5.84. The van der Waals surface area contributed by atoms with E-state index < -0.39 is 23.8 Å². The molecule has 0 saturated carbocycles. The topological polar surface area (TPSA) is 116 Å². The lowest BCUT2D eigenvalue weighted by atomic mass is 10.1. The molecule has 0 heterocycles. The van der Waals surface area contributed by atoms with E-state index in [1.807, 2.05) is 0 Å². The fraction of sp³-hybridized carbons (Fsp3) is 0.385. The van der Waals surface area contributed by atoms with Crippen molar-refractivity contribution in [3.63, 3.8) is 0 Å². The number of benzene rings is 1. The molecule has 1 amide bonds. The Morgan fingerprint density at radius 1 is 1.30 bits per heavy atom. The minimum Gasteiger partial charge on any atom is -0.508 e. The molecule has 1 rings (SSSR count). The maximum Gasteiger partial charge on any atom is 0.412 e. The van der Waals surface area contributed by atoms with Crippen LogP contribution >= 0.6 is 0 Å². The largest absolute Gasteiger partial charge is 0.508 e. The highest BCUT2D eigenvalue weighted by Crippen LogP contribution is 2.27. The molecule has 0 aliphatic heterocycles. The Morgan fingerprint density at radius 3 is 2.40 bits per heavy atom. The molecule has 0 aliphatic rings. The van der Waals surface area contributed by atoms with Crippen LogP contribution in [-0.2, 0) is 9.53 Å². The van der Waals surface area contributed by atoms with E-state index in [9.17, 15) is 19.8 Å². The summed E-state index contributed by atoms with van der Waals surface area (Å²) in [5, 5.41) is 30.0. The molecule has 0 radical (unpaired) electrons. The minimum atomic E-state index is -1.88. The predicted molar refractivity (Wildman–Crippen MR) is 70.6 cm³/mol. The van der Waals surface area contributed by atoms with Gasteiger partial charge < -0.3 is 20.1 Å². The number of carbonyl (C=O) groups is 2. The third kappa shape index (κ3) is 4.43. The van der Waals surface area contributed by atoms with Crippen LogP contribution in [-0.4, -0.2) is 33.0 Å². The average Bonchev–Trinajstić information content (AvgIpc) is 2.28. The smallest absolute Gasteiger partial charge is 0.412 e. The highest BCUT2D eigenvalue weighted by atomic mass is 16.6. The van der Waals surface area contributed by atoms with Crippen molar-refractivity contribution in [1.29, 1.82) is 0 Å². The molecular weight excluding hydrogens is 266 g/mol. The molecule has 0 aromatic heterocycles. The number of aliphatic hydroxyl groups is 1. The first-order chi connectivity index (χ1) is 9.10. The normalized spacial score (nSPS) is 12.6. The number of aliphatic carboxylic acids is 1. The number of hydrogen-bond donors (Lipinski definition) is 4. The summed E-state index contributed by atoms with van der Waals surface area (Å²) < 4.78 is 5.03. The van der Waals surface area contributed by atoms with Gasteiger partial charge in [0.25, 0.3) is 0 Å². The molecule has 1 atom stereocenters. The van der Waals surface area contributed by atoms with Gasteiger partial charge in [0.15, 0.2) is 6.10 Å². The summed E-state index contributed by atoms with van der Waals surface area (Å²) in [6.45, 7) is 5.09. The number of amides is 1. The van der Waals surface area contributed by atoms with Crippen molar-refractivity contribution in [3.8, 4) is 5.75 Å². The van der Waals surface area contributed by atoms with Crippen molar-refractivity contribution in [2.24, 2.45) is 0 Å². The van der Waals surface area contributed by atoms with E-state index in [1.54, 1.807) is 20.8 Å². The fourth-order valence-corrected chi connectivity index (χ4v) is 1.41. The maximum atomic E-state index is 11.6. The molecule has 0 aliphatic carbocycles. The summed E-state index contributed by atoms with van der Waals surface area (Å²) in [4.78, 5) is 22.3. The summed E-state index contributed by atoms with van der Waals surface area (Å²) in [7, 11) is 0. The van der Waals surface area contributed by atoms with Crippen molar-refractivity contribution >= 4 is 17.7 Å². The van der Waals surface area contributed by atoms with Crippen LogP contribution in [0.3, 0.4) is 0 Å². The Bertz CT molecular complexity index is 520. The first kappa shape index (κ1) is 15.8. The number of carbonyl (C=O) groups excluding carboxylic acids is 1. The second-order valence-corrected chi connectivity index (χ2v) is 5.14. The van der Waals surface area contributed by atoms with E-state index in [4.69, 9.17) is 9.84 Å².